The van der Waals surface area contributed by atoms with Crippen LogP contribution in [-0.4, -0.2) is 34.6 Å². The van der Waals surface area contributed by atoms with Gasteiger partial charge in [0.1, 0.15) is 0 Å². The van der Waals surface area contributed by atoms with E-state index in [9.17, 15) is 0 Å². The van der Waals surface area contributed by atoms with E-state index in [-0.39, 0.29) is 0 Å². The highest BCUT2D eigenvalue weighted by Crippen LogP contribution is 2.27. The van der Waals surface area contributed by atoms with Gasteiger partial charge in [-0.3, -0.25) is 0 Å². The Balaban J connectivity index is 2.04. The Hall–Kier alpha value is -1.88. The molecule has 0 atom stereocenters. The van der Waals surface area contributed by atoms with Gasteiger partial charge in [-0.15, -0.1) is 0 Å². The summed E-state index contributed by atoms with van der Waals surface area (Å²) in [5.74, 6) is 1.95. The molecule has 1 N–H and O–H groups in total. The SMILES string of the molecule is CCNc1nc(-c2ccccc2Cl)nc(N2CCCC2)n1. The van der Waals surface area contributed by atoms with E-state index in [0.717, 1.165) is 31.1 Å². The summed E-state index contributed by atoms with van der Waals surface area (Å²) in [5.41, 5.74) is 0.834. The quantitative estimate of drug-likeness (QED) is 0.940. The molecule has 0 saturated carbocycles. The predicted molar refractivity (Wildman–Crippen MR) is 85.9 cm³/mol. The van der Waals surface area contributed by atoms with Crippen molar-refractivity contribution in [2.75, 3.05) is 29.9 Å². The number of halogens is 1. The molecular formula is C15H18ClN5. The molecular weight excluding hydrogens is 286 g/mol. The zero-order valence-electron chi connectivity index (χ0n) is 12.0. The topological polar surface area (TPSA) is 53.9 Å². The van der Waals surface area contributed by atoms with Crippen LogP contribution in [0.2, 0.25) is 5.02 Å². The second-order valence-corrected chi connectivity index (χ2v) is 5.39. The van der Waals surface area contributed by atoms with E-state index < -0.39 is 0 Å². The fourth-order valence-corrected chi connectivity index (χ4v) is 2.64. The molecule has 1 aliphatic heterocycles. The minimum Gasteiger partial charge on any atom is -0.354 e. The van der Waals surface area contributed by atoms with Crippen LogP contribution < -0.4 is 10.2 Å². The molecule has 0 unspecified atom stereocenters. The number of nitrogens with zero attached hydrogens (tertiary/aromatic N) is 4. The van der Waals surface area contributed by atoms with Crippen molar-refractivity contribution in [3.8, 4) is 11.4 Å². The van der Waals surface area contributed by atoms with Gasteiger partial charge < -0.3 is 10.2 Å². The number of anilines is 2. The molecule has 6 heteroatoms. The van der Waals surface area contributed by atoms with Gasteiger partial charge in [0.25, 0.3) is 0 Å². The average Bonchev–Trinajstić information content (AvgIpc) is 3.02. The summed E-state index contributed by atoms with van der Waals surface area (Å²) in [6.07, 6.45) is 2.37. The Morgan fingerprint density at radius 2 is 1.90 bits per heavy atom. The van der Waals surface area contributed by atoms with Crippen molar-refractivity contribution in [2.24, 2.45) is 0 Å². The van der Waals surface area contributed by atoms with E-state index in [1.807, 2.05) is 31.2 Å². The lowest BCUT2D eigenvalue weighted by molar-refractivity contribution is 0.881. The molecule has 0 aliphatic carbocycles. The summed E-state index contributed by atoms with van der Waals surface area (Å²) in [5, 5.41) is 3.82. The summed E-state index contributed by atoms with van der Waals surface area (Å²) >= 11 is 6.27. The first-order valence-electron chi connectivity index (χ1n) is 7.27. The molecule has 2 heterocycles. The summed E-state index contributed by atoms with van der Waals surface area (Å²) in [4.78, 5) is 15.8. The summed E-state index contributed by atoms with van der Waals surface area (Å²) < 4.78 is 0. The maximum absolute atomic E-state index is 6.27. The van der Waals surface area contributed by atoms with Gasteiger partial charge in [0.2, 0.25) is 11.9 Å². The van der Waals surface area contributed by atoms with Crippen LogP contribution in [0.1, 0.15) is 19.8 Å². The molecule has 2 aromatic rings. The first kappa shape index (κ1) is 14.1. The molecule has 1 aliphatic rings. The molecule has 0 radical (unpaired) electrons. The summed E-state index contributed by atoms with van der Waals surface area (Å²) in [6, 6.07) is 7.62. The standard InChI is InChI=1S/C15H18ClN5/c1-2-17-14-18-13(11-7-3-4-8-12(11)16)19-15(20-14)21-9-5-6-10-21/h3-4,7-8H,2,5-6,9-10H2,1H3,(H,17,18,19,20). The van der Waals surface area contributed by atoms with Crippen molar-refractivity contribution in [1.82, 2.24) is 15.0 Å². The van der Waals surface area contributed by atoms with E-state index in [2.05, 4.69) is 25.2 Å². The monoisotopic (exact) mass is 303 g/mol. The van der Waals surface area contributed by atoms with E-state index >= 15 is 0 Å². The molecule has 5 nitrogen and oxygen atoms in total. The van der Waals surface area contributed by atoms with Gasteiger partial charge in [-0.05, 0) is 31.9 Å². The molecule has 0 spiro atoms. The van der Waals surface area contributed by atoms with Gasteiger partial charge >= 0.3 is 0 Å². The number of aromatic nitrogens is 3. The smallest absolute Gasteiger partial charge is 0.230 e. The molecule has 1 aromatic carbocycles. The van der Waals surface area contributed by atoms with E-state index in [4.69, 9.17) is 11.6 Å². The zero-order valence-corrected chi connectivity index (χ0v) is 12.8. The number of benzene rings is 1. The molecule has 1 fully saturated rings. The van der Waals surface area contributed by atoms with Crippen LogP contribution >= 0.6 is 11.6 Å². The lowest BCUT2D eigenvalue weighted by Gasteiger charge is -2.17. The van der Waals surface area contributed by atoms with Crippen molar-refractivity contribution in [3.63, 3.8) is 0 Å². The van der Waals surface area contributed by atoms with Crippen LogP contribution in [0.15, 0.2) is 24.3 Å². The normalized spacial score (nSPS) is 14.5. The van der Waals surface area contributed by atoms with Crippen LogP contribution in [-0.2, 0) is 0 Å². The maximum Gasteiger partial charge on any atom is 0.230 e. The number of rotatable bonds is 4. The Kier molecular flexibility index (Phi) is 4.20. The molecule has 110 valence electrons. The maximum atomic E-state index is 6.27. The second kappa shape index (κ2) is 6.26. The van der Waals surface area contributed by atoms with E-state index in [0.29, 0.717) is 16.8 Å². The molecule has 1 aromatic heterocycles. The van der Waals surface area contributed by atoms with Crippen LogP contribution in [0.3, 0.4) is 0 Å². The third-order valence-corrected chi connectivity index (χ3v) is 3.79. The minimum absolute atomic E-state index is 0.601. The molecule has 21 heavy (non-hydrogen) atoms. The van der Waals surface area contributed by atoms with Crippen LogP contribution in [0, 0.1) is 0 Å². The largest absolute Gasteiger partial charge is 0.354 e. The van der Waals surface area contributed by atoms with Gasteiger partial charge in [-0.1, -0.05) is 23.7 Å². The van der Waals surface area contributed by atoms with Crippen molar-refractivity contribution < 1.29 is 0 Å². The summed E-state index contributed by atoms with van der Waals surface area (Å²) in [7, 11) is 0. The van der Waals surface area contributed by atoms with Crippen molar-refractivity contribution >= 4 is 23.5 Å². The van der Waals surface area contributed by atoms with Crippen LogP contribution in [0.5, 0.6) is 0 Å². The van der Waals surface area contributed by atoms with Gasteiger partial charge in [0.05, 0.1) is 5.02 Å². The van der Waals surface area contributed by atoms with Gasteiger partial charge in [0.15, 0.2) is 5.82 Å². The molecule has 0 amide bonds. The highest BCUT2D eigenvalue weighted by Gasteiger charge is 2.18. The van der Waals surface area contributed by atoms with Crippen molar-refractivity contribution in [1.29, 1.82) is 0 Å². The first-order valence-corrected chi connectivity index (χ1v) is 7.65. The Morgan fingerprint density at radius 3 is 2.62 bits per heavy atom. The molecule has 3 rings (SSSR count). The van der Waals surface area contributed by atoms with Crippen molar-refractivity contribution in [2.45, 2.75) is 19.8 Å². The summed E-state index contributed by atoms with van der Waals surface area (Å²) in [6.45, 7) is 4.79. The molecule has 0 bridgehead atoms. The predicted octanol–water partition coefficient (Wildman–Crippen LogP) is 3.22. The van der Waals surface area contributed by atoms with Crippen LogP contribution in [0.4, 0.5) is 11.9 Å². The Morgan fingerprint density at radius 1 is 1.14 bits per heavy atom. The third kappa shape index (κ3) is 3.08. The van der Waals surface area contributed by atoms with Crippen molar-refractivity contribution in [3.05, 3.63) is 29.3 Å². The molecule has 1 saturated heterocycles. The zero-order chi connectivity index (χ0) is 14.7. The first-order chi connectivity index (χ1) is 10.3. The van der Waals surface area contributed by atoms with E-state index in [1.165, 1.54) is 12.8 Å². The van der Waals surface area contributed by atoms with Gasteiger partial charge in [-0.2, -0.15) is 15.0 Å². The van der Waals surface area contributed by atoms with E-state index in [1.54, 1.807) is 0 Å². The van der Waals surface area contributed by atoms with Crippen LogP contribution in [0.25, 0.3) is 11.4 Å². The fourth-order valence-electron chi connectivity index (χ4n) is 2.42. The average molecular weight is 304 g/mol. The highest BCUT2D eigenvalue weighted by atomic mass is 35.5. The fraction of sp³-hybridized carbons (Fsp3) is 0.400. The number of nitrogens with one attached hydrogen (secondary N) is 1. The Bertz CT molecular complexity index is 625. The third-order valence-electron chi connectivity index (χ3n) is 3.46. The second-order valence-electron chi connectivity index (χ2n) is 4.99. The number of hydrogen-bond donors (Lipinski definition) is 1. The highest BCUT2D eigenvalue weighted by molar-refractivity contribution is 6.33. The van der Waals surface area contributed by atoms with Gasteiger partial charge in [0, 0.05) is 25.2 Å². The minimum atomic E-state index is 0.601. The lowest BCUT2D eigenvalue weighted by Crippen LogP contribution is -2.22. The lowest BCUT2D eigenvalue weighted by atomic mass is 10.2. The van der Waals surface area contributed by atoms with Gasteiger partial charge in [-0.25, -0.2) is 0 Å². The Labute approximate surface area is 129 Å². The number of hydrogen-bond acceptors (Lipinski definition) is 5.